The molecule has 37 heavy (non-hydrogen) atoms. The topological polar surface area (TPSA) is 124 Å². The molecule has 2 aliphatic rings. The van der Waals surface area contributed by atoms with Crippen molar-refractivity contribution in [2.24, 2.45) is 27.1 Å². The Morgan fingerprint density at radius 2 is 1.03 bits per heavy atom. The number of rotatable bonds is 1. The molecule has 8 heteroatoms. The zero-order chi connectivity index (χ0) is 29.8. The Morgan fingerprint density at radius 1 is 0.676 bits per heavy atom. The molecule has 0 unspecified atom stereocenters. The monoisotopic (exact) mass is 522 g/mol. The highest BCUT2D eigenvalue weighted by molar-refractivity contribution is 5.98. The van der Waals surface area contributed by atoms with Gasteiger partial charge in [-0.15, -0.1) is 0 Å². The summed E-state index contributed by atoms with van der Waals surface area (Å²) in [5, 5.41) is 9.12. The van der Waals surface area contributed by atoms with Gasteiger partial charge >= 0.3 is 17.9 Å². The largest absolute Gasteiger partial charge is 0.457 e. The van der Waals surface area contributed by atoms with Crippen molar-refractivity contribution in [2.45, 2.75) is 102 Å². The van der Waals surface area contributed by atoms with E-state index in [2.05, 4.69) is 0 Å². The second-order valence-corrected chi connectivity index (χ2v) is 13.6. The third kappa shape index (κ3) is 9.99. The lowest BCUT2D eigenvalue weighted by atomic mass is 9.87. The lowest BCUT2D eigenvalue weighted by Crippen LogP contribution is -2.37. The molecular formula is C29H46O8. The molecule has 0 bridgehead atoms. The molecule has 0 aromatic carbocycles. The van der Waals surface area contributed by atoms with E-state index in [0.29, 0.717) is 0 Å². The van der Waals surface area contributed by atoms with E-state index >= 15 is 0 Å². The molecule has 8 nitrogen and oxygen atoms in total. The number of carbonyl (C=O) groups excluding carboxylic acids is 5. The van der Waals surface area contributed by atoms with Crippen LogP contribution in [0.2, 0.25) is 0 Å². The van der Waals surface area contributed by atoms with Crippen molar-refractivity contribution in [2.75, 3.05) is 0 Å². The van der Waals surface area contributed by atoms with Gasteiger partial charge in [-0.25, -0.2) is 0 Å². The molecule has 2 rings (SSSR count). The Bertz CT molecular complexity index is 920. The van der Waals surface area contributed by atoms with E-state index < -0.39 is 51.2 Å². The van der Waals surface area contributed by atoms with Crippen molar-refractivity contribution in [1.29, 1.82) is 0 Å². The number of allylic oxidation sites excluding steroid dienone is 2. The number of ether oxygens (including phenoxy) is 2. The Hall–Kier alpha value is -2.61. The first-order valence-corrected chi connectivity index (χ1v) is 12.4. The standard InChI is InChI=1S/C12H18O3.C10H18O3.C7H10O2/c1-11(2,3)10(14)15-9-7-6-8(13)12(9,4)5;1-9(2,3)7(11)13-8(12)10(4,5)6;1-7(2)5(8)3-4-6(7)9/h6-7,9H,1-5H3;1-6H3;3-5,8H,1-2H3/t9-;;5-/m1.1/s1. The summed E-state index contributed by atoms with van der Waals surface area (Å²) >= 11 is 0. The van der Waals surface area contributed by atoms with Crippen LogP contribution < -0.4 is 0 Å². The number of aliphatic hydroxyl groups is 1. The van der Waals surface area contributed by atoms with Gasteiger partial charge in [0.15, 0.2) is 11.6 Å². The van der Waals surface area contributed by atoms with Crippen molar-refractivity contribution in [3.63, 3.8) is 0 Å². The molecule has 0 heterocycles. The maximum Gasteiger partial charge on any atom is 0.318 e. The predicted octanol–water partition coefficient (Wildman–Crippen LogP) is 4.77. The molecule has 0 aliphatic heterocycles. The van der Waals surface area contributed by atoms with Crippen LogP contribution in [-0.4, -0.2) is 46.8 Å². The summed E-state index contributed by atoms with van der Waals surface area (Å²) in [7, 11) is 0. The van der Waals surface area contributed by atoms with Gasteiger partial charge in [-0.2, -0.15) is 0 Å². The van der Waals surface area contributed by atoms with Gasteiger partial charge in [-0.05, 0) is 108 Å². The molecule has 0 spiro atoms. The first-order chi connectivity index (χ1) is 16.3. The molecule has 0 saturated carbocycles. The van der Waals surface area contributed by atoms with E-state index in [1.54, 1.807) is 96.1 Å². The summed E-state index contributed by atoms with van der Waals surface area (Å²) < 4.78 is 10.0. The van der Waals surface area contributed by atoms with Crippen LogP contribution in [0, 0.1) is 27.1 Å². The molecule has 210 valence electrons. The van der Waals surface area contributed by atoms with Gasteiger partial charge in [0.1, 0.15) is 6.10 Å². The highest BCUT2D eigenvalue weighted by atomic mass is 16.6. The summed E-state index contributed by atoms with van der Waals surface area (Å²) in [5.74, 6) is -1.22. The number of hydrogen-bond donors (Lipinski definition) is 1. The summed E-state index contributed by atoms with van der Waals surface area (Å²) in [6.07, 6.45) is 5.08. The van der Waals surface area contributed by atoms with Crippen LogP contribution in [0.5, 0.6) is 0 Å². The van der Waals surface area contributed by atoms with Gasteiger partial charge in [0.2, 0.25) is 0 Å². The van der Waals surface area contributed by atoms with Crippen LogP contribution >= 0.6 is 0 Å². The Morgan fingerprint density at radius 3 is 1.24 bits per heavy atom. The fourth-order valence-corrected chi connectivity index (χ4v) is 2.42. The predicted molar refractivity (Wildman–Crippen MR) is 141 cm³/mol. The van der Waals surface area contributed by atoms with Gasteiger partial charge in [-0.1, -0.05) is 6.08 Å². The molecule has 1 N–H and O–H groups in total. The average Bonchev–Trinajstić information content (AvgIpc) is 3.09. The van der Waals surface area contributed by atoms with Crippen LogP contribution in [0.25, 0.3) is 0 Å². The van der Waals surface area contributed by atoms with Crippen molar-refractivity contribution in [3.8, 4) is 0 Å². The van der Waals surface area contributed by atoms with Crippen LogP contribution in [0.15, 0.2) is 24.3 Å². The summed E-state index contributed by atoms with van der Waals surface area (Å²) in [6.45, 7) is 22.7. The van der Waals surface area contributed by atoms with Gasteiger partial charge in [0.25, 0.3) is 0 Å². The second-order valence-electron chi connectivity index (χ2n) is 13.6. The normalized spacial score (nSPS) is 21.9. The van der Waals surface area contributed by atoms with Crippen LogP contribution in [-0.2, 0) is 33.4 Å². The number of ketones is 2. The van der Waals surface area contributed by atoms with Crippen molar-refractivity contribution in [3.05, 3.63) is 24.3 Å². The Labute approximate surface area is 221 Å². The minimum absolute atomic E-state index is 0.00853. The first-order valence-electron chi connectivity index (χ1n) is 12.4. The van der Waals surface area contributed by atoms with Crippen LogP contribution in [0.1, 0.15) is 90.0 Å². The number of carbonyl (C=O) groups is 5. The average molecular weight is 523 g/mol. The van der Waals surface area contributed by atoms with Gasteiger partial charge in [0, 0.05) is 0 Å². The molecule has 2 aliphatic carbocycles. The van der Waals surface area contributed by atoms with Crippen molar-refractivity contribution < 1.29 is 38.6 Å². The summed E-state index contributed by atoms with van der Waals surface area (Å²) in [6, 6.07) is 0. The Balaban J connectivity index is 0.000000541. The number of esters is 3. The lowest BCUT2D eigenvalue weighted by Gasteiger charge is -2.28. The second kappa shape index (κ2) is 11.8. The van der Waals surface area contributed by atoms with Gasteiger partial charge in [-0.3, -0.25) is 24.0 Å². The molecule has 0 aromatic heterocycles. The maximum absolute atomic E-state index is 11.6. The summed E-state index contributed by atoms with van der Waals surface area (Å²) in [4.78, 5) is 56.5. The third-order valence-corrected chi connectivity index (χ3v) is 5.83. The molecule has 0 amide bonds. The quantitative estimate of drug-likeness (QED) is 0.386. The molecule has 0 radical (unpaired) electrons. The highest BCUT2D eigenvalue weighted by Gasteiger charge is 2.42. The number of aliphatic hydroxyl groups excluding tert-OH is 1. The SMILES string of the molecule is CC(C)(C)C(=O)OC(=O)C(C)(C)C.CC(C)(C)C(=O)O[C@@H]1C=CC(=O)C1(C)C.CC1(C)C(=O)C=C[C@H]1O. The third-order valence-electron chi connectivity index (χ3n) is 5.83. The highest BCUT2D eigenvalue weighted by Crippen LogP contribution is 2.33. The van der Waals surface area contributed by atoms with E-state index in [4.69, 9.17) is 14.6 Å². The molecule has 0 fully saturated rings. The van der Waals surface area contributed by atoms with Crippen LogP contribution in [0.4, 0.5) is 0 Å². The van der Waals surface area contributed by atoms with E-state index in [9.17, 15) is 24.0 Å². The molecular weight excluding hydrogens is 476 g/mol. The van der Waals surface area contributed by atoms with Gasteiger partial charge < -0.3 is 14.6 Å². The van der Waals surface area contributed by atoms with Crippen LogP contribution in [0.3, 0.4) is 0 Å². The van der Waals surface area contributed by atoms with E-state index in [1.165, 1.54) is 18.2 Å². The Kier molecular flexibility index (Phi) is 11.0. The lowest BCUT2D eigenvalue weighted by molar-refractivity contribution is -0.171. The maximum atomic E-state index is 11.6. The van der Waals surface area contributed by atoms with E-state index in [1.807, 2.05) is 0 Å². The number of hydrogen-bond acceptors (Lipinski definition) is 8. The molecule has 0 aromatic rings. The molecule has 0 saturated heterocycles. The summed E-state index contributed by atoms with van der Waals surface area (Å²) in [5.41, 5.74) is -2.99. The first kappa shape index (κ1) is 34.4. The smallest absolute Gasteiger partial charge is 0.318 e. The van der Waals surface area contributed by atoms with Crippen molar-refractivity contribution >= 4 is 29.5 Å². The minimum atomic E-state index is -0.624. The fourth-order valence-electron chi connectivity index (χ4n) is 2.42. The minimum Gasteiger partial charge on any atom is -0.457 e. The van der Waals surface area contributed by atoms with Crippen molar-refractivity contribution in [1.82, 2.24) is 0 Å². The zero-order valence-electron chi connectivity index (χ0n) is 24.8. The fraction of sp³-hybridized carbons (Fsp3) is 0.690. The van der Waals surface area contributed by atoms with Gasteiger partial charge in [0.05, 0.1) is 33.2 Å². The molecule has 2 atom stereocenters. The zero-order valence-corrected chi connectivity index (χ0v) is 24.8. The van der Waals surface area contributed by atoms with E-state index in [0.717, 1.165) is 0 Å². The van der Waals surface area contributed by atoms with E-state index in [-0.39, 0.29) is 17.5 Å².